The van der Waals surface area contributed by atoms with E-state index in [9.17, 15) is 9.90 Å². The van der Waals surface area contributed by atoms with E-state index in [0.29, 0.717) is 21.4 Å². The zero-order valence-corrected chi connectivity index (χ0v) is 20.4. The Bertz CT molecular complexity index is 1240. The van der Waals surface area contributed by atoms with Crippen molar-refractivity contribution in [3.63, 3.8) is 0 Å². The molecule has 0 bridgehead atoms. The molecular formula is C24H21BrN4O3S. The molecule has 0 aliphatic carbocycles. The minimum absolute atomic E-state index is 0.0894. The molecule has 9 heteroatoms. The van der Waals surface area contributed by atoms with Gasteiger partial charge in [0.05, 0.1) is 23.9 Å². The zero-order chi connectivity index (χ0) is 23.4. The highest BCUT2D eigenvalue weighted by atomic mass is 79.9. The maximum atomic E-state index is 13.2. The molecule has 1 fully saturated rings. The van der Waals surface area contributed by atoms with Crippen molar-refractivity contribution in [3.05, 3.63) is 87.1 Å². The molecule has 7 nitrogen and oxygen atoms in total. The lowest BCUT2D eigenvalue weighted by Gasteiger charge is -2.12. The fourth-order valence-electron chi connectivity index (χ4n) is 3.07. The van der Waals surface area contributed by atoms with Crippen LogP contribution in [0.15, 0.2) is 84.9 Å². The monoisotopic (exact) mass is 524 g/mol. The first-order chi connectivity index (χ1) is 15.9. The average Bonchev–Trinajstić information content (AvgIpc) is 3.41. The minimum atomic E-state index is -0.174. The number of furan rings is 1. The Balaban J connectivity index is 1.62. The number of benzene rings is 2. The number of hydrogen-bond donors (Lipinski definition) is 1. The van der Waals surface area contributed by atoms with Crippen molar-refractivity contribution in [2.24, 2.45) is 10.2 Å². The summed E-state index contributed by atoms with van der Waals surface area (Å²) in [6.45, 7) is 0.242. The number of amidine groups is 1. The van der Waals surface area contributed by atoms with E-state index in [-0.39, 0.29) is 18.2 Å². The molecule has 0 radical (unpaired) electrons. The highest BCUT2D eigenvalue weighted by Gasteiger charge is 2.34. The van der Waals surface area contributed by atoms with Crippen LogP contribution in [-0.2, 0) is 11.3 Å². The highest BCUT2D eigenvalue weighted by Crippen LogP contribution is 2.34. The van der Waals surface area contributed by atoms with Gasteiger partial charge in [-0.15, -0.1) is 5.10 Å². The van der Waals surface area contributed by atoms with E-state index in [1.165, 1.54) is 22.9 Å². The Morgan fingerprint density at radius 1 is 1.18 bits per heavy atom. The number of phenolic OH excluding ortho intramolecular Hbond substituents is 1. The second kappa shape index (κ2) is 10.1. The van der Waals surface area contributed by atoms with Gasteiger partial charge in [-0.25, -0.2) is 0 Å². The molecular weight excluding hydrogens is 504 g/mol. The number of anilines is 1. The van der Waals surface area contributed by atoms with Gasteiger partial charge in [-0.2, -0.15) is 5.10 Å². The van der Waals surface area contributed by atoms with Crippen LogP contribution in [0.2, 0.25) is 0 Å². The number of carbonyl (C=O) groups excluding carboxylic acids is 1. The van der Waals surface area contributed by atoms with Crippen molar-refractivity contribution < 1.29 is 14.3 Å². The molecule has 0 atom stereocenters. The third-order valence-corrected chi connectivity index (χ3v) is 6.31. The van der Waals surface area contributed by atoms with Crippen LogP contribution in [0.25, 0.3) is 6.08 Å². The van der Waals surface area contributed by atoms with Crippen LogP contribution in [0.1, 0.15) is 16.9 Å². The Hall–Kier alpha value is -3.30. The quantitative estimate of drug-likeness (QED) is 0.268. The van der Waals surface area contributed by atoms with Gasteiger partial charge >= 0.3 is 0 Å². The molecule has 168 valence electrons. The van der Waals surface area contributed by atoms with E-state index in [1.807, 2.05) is 49.3 Å². The van der Waals surface area contributed by atoms with E-state index in [1.54, 1.807) is 36.6 Å². The molecule has 0 unspecified atom stereocenters. The molecule has 2 heterocycles. The summed E-state index contributed by atoms with van der Waals surface area (Å²) in [7, 11) is 3.96. The SMILES string of the molecule is CN(C)c1ccc(/C=C2\S/C(=N\N=C\c3cc(Br)ccc3O)N(Cc3ccco3)C2=O)cc1. The molecule has 2 aromatic carbocycles. The first-order valence-corrected chi connectivity index (χ1v) is 11.6. The van der Waals surface area contributed by atoms with Crippen LogP contribution in [0, 0.1) is 0 Å². The Labute approximate surface area is 204 Å². The molecule has 0 saturated carbocycles. The van der Waals surface area contributed by atoms with Gasteiger partial charge in [0.1, 0.15) is 11.5 Å². The Morgan fingerprint density at radius 3 is 2.67 bits per heavy atom. The number of thioether (sulfide) groups is 1. The summed E-state index contributed by atoms with van der Waals surface area (Å²) in [5, 5.41) is 18.8. The molecule has 1 saturated heterocycles. The maximum Gasteiger partial charge on any atom is 0.267 e. The van der Waals surface area contributed by atoms with Crippen molar-refractivity contribution in [1.82, 2.24) is 4.90 Å². The van der Waals surface area contributed by atoms with Crippen LogP contribution < -0.4 is 4.90 Å². The fourth-order valence-corrected chi connectivity index (χ4v) is 4.38. The Kier molecular flexibility index (Phi) is 7.00. The molecule has 1 aromatic heterocycles. The van der Waals surface area contributed by atoms with Crippen molar-refractivity contribution in [1.29, 1.82) is 0 Å². The largest absolute Gasteiger partial charge is 0.507 e. The van der Waals surface area contributed by atoms with E-state index in [0.717, 1.165) is 15.7 Å². The number of amides is 1. The van der Waals surface area contributed by atoms with Gasteiger partial charge in [-0.1, -0.05) is 28.1 Å². The lowest BCUT2D eigenvalue weighted by atomic mass is 10.2. The van der Waals surface area contributed by atoms with Crippen LogP contribution >= 0.6 is 27.7 Å². The van der Waals surface area contributed by atoms with Crippen LogP contribution in [0.3, 0.4) is 0 Å². The molecule has 0 spiro atoms. The summed E-state index contributed by atoms with van der Waals surface area (Å²) in [5.41, 5.74) is 2.50. The van der Waals surface area contributed by atoms with Gasteiger partial charge in [0.25, 0.3) is 5.91 Å². The standard InChI is InChI=1S/C24H21BrN4O3S/c1-28(2)19-8-5-16(6-9-19)12-22-23(31)29(15-20-4-3-11-32-20)24(33-22)27-26-14-17-13-18(25)7-10-21(17)30/h3-14,30H,15H2,1-2H3/b22-12-,26-14+,27-24-. The van der Waals surface area contributed by atoms with Crippen LogP contribution in [0.5, 0.6) is 5.75 Å². The summed E-state index contributed by atoms with van der Waals surface area (Å²) in [6, 6.07) is 16.6. The topological polar surface area (TPSA) is 81.6 Å². The normalized spacial score (nSPS) is 16.5. The summed E-state index contributed by atoms with van der Waals surface area (Å²) in [4.78, 5) is 17.2. The first-order valence-electron chi connectivity index (χ1n) is 10.0. The van der Waals surface area contributed by atoms with E-state index >= 15 is 0 Å². The van der Waals surface area contributed by atoms with Gasteiger partial charge < -0.3 is 14.4 Å². The number of phenols is 1. The van der Waals surface area contributed by atoms with Gasteiger partial charge in [0.15, 0.2) is 5.17 Å². The molecule has 1 aliphatic rings. The Morgan fingerprint density at radius 2 is 1.97 bits per heavy atom. The van der Waals surface area contributed by atoms with E-state index in [2.05, 4.69) is 26.1 Å². The van der Waals surface area contributed by atoms with Crippen molar-refractivity contribution in [2.75, 3.05) is 19.0 Å². The number of halogens is 1. The smallest absolute Gasteiger partial charge is 0.267 e. The summed E-state index contributed by atoms with van der Waals surface area (Å²) in [6.07, 6.45) is 4.86. The number of nitrogens with zero attached hydrogens (tertiary/aromatic N) is 4. The molecule has 4 rings (SSSR count). The molecule has 3 aromatic rings. The van der Waals surface area contributed by atoms with Crippen LogP contribution in [0.4, 0.5) is 5.69 Å². The molecule has 1 amide bonds. The van der Waals surface area contributed by atoms with Gasteiger partial charge in [0.2, 0.25) is 0 Å². The number of hydrogen-bond acceptors (Lipinski definition) is 7. The lowest BCUT2D eigenvalue weighted by molar-refractivity contribution is -0.122. The van der Waals surface area contributed by atoms with Gasteiger partial charge in [-0.3, -0.25) is 9.69 Å². The average molecular weight is 525 g/mol. The summed E-state index contributed by atoms with van der Waals surface area (Å²) >= 11 is 4.62. The summed E-state index contributed by atoms with van der Waals surface area (Å²) < 4.78 is 6.23. The predicted octanol–water partition coefficient (Wildman–Crippen LogP) is 5.32. The van der Waals surface area contributed by atoms with Crippen molar-refractivity contribution in [2.45, 2.75) is 6.54 Å². The summed E-state index contributed by atoms with van der Waals surface area (Å²) in [5.74, 6) is 0.556. The van der Waals surface area contributed by atoms with Crippen molar-refractivity contribution in [3.8, 4) is 5.75 Å². The minimum Gasteiger partial charge on any atom is -0.507 e. The number of carbonyl (C=O) groups is 1. The van der Waals surface area contributed by atoms with Gasteiger partial charge in [-0.05, 0) is 65.9 Å². The second-order valence-corrected chi connectivity index (χ2v) is 9.32. The molecule has 1 N–H and O–H groups in total. The van der Waals surface area contributed by atoms with E-state index in [4.69, 9.17) is 4.42 Å². The number of rotatable bonds is 6. The van der Waals surface area contributed by atoms with Gasteiger partial charge in [0, 0.05) is 29.8 Å². The predicted molar refractivity (Wildman–Crippen MR) is 136 cm³/mol. The fraction of sp³-hybridized carbons (Fsp3) is 0.125. The second-order valence-electron chi connectivity index (χ2n) is 7.40. The van der Waals surface area contributed by atoms with Crippen LogP contribution in [-0.4, -0.2) is 41.4 Å². The third kappa shape index (κ3) is 5.55. The lowest BCUT2D eigenvalue weighted by Crippen LogP contribution is -2.28. The van der Waals surface area contributed by atoms with Crippen molar-refractivity contribution >= 4 is 56.7 Å². The molecule has 1 aliphatic heterocycles. The van der Waals surface area contributed by atoms with E-state index < -0.39 is 0 Å². The highest BCUT2D eigenvalue weighted by molar-refractivity contribution is 9.10. The first kappa shape index (κ1) is 22.9. The number of aromatic hydroxyl groups is 1. The maximum absolute atomic E-state index is 13.2. The zero-order valence-electron chi connectivity index (χ0n) is 18.0. The molecule has 33 heavy (non-hydrogen) atoms. The third-order valence-electron chi connectivity index (χ3n) is 4.82.